The van der Waals surface area contributed by atoms with Crippen LogP contribution < -0.4 is 10.2 Å². The molecule has 0 amide bonds. The number of fused-ring (bicyclic) bond motifs is 1. The van der Waals surface area contributed by atoms with Crippen molar-refractivity contribution in [2.24, 2.45) is 0 Å². The fourth-order valence-corrected chi connectivity index (χ4v) is 3.62. The summed E-state index contributed by atoms with van der Waals surface area (Å²) in [5, 5.41) is 3.48. The first kappa shape index (κ1) is 13.9. The molecule has 20 heavy (non-hydrogen) atoms. The van der Waals surface area contributed by atoms with Gasteiger partial charge in [-0.15, -0.1) is 0 Å². The van der Waals surface area contributed by atoms with Crippen molar-refractivity contribution in [3.8, 4) is 0 Å². The van der Waals surface area contributed by atoms with E-state index in [9.17, 15) is 0 Å². The minimum atomic E-state index is 0.721. The number of nitrogens with one attached hydrogen (secondary N) is 1. The fraction of sp³-hybridized carbons (Fsp3) is 0.647. The van der Waals surface area contributed by atoms with Gasteiger partial charge in [0.1, 0.15) is 0 Å². The second kappa shape index (κ2) is 6.15. The third-order valence-corrected chi connectivity index (χ3v) is 4.84. The molecule has 1 unspecified atom stereocenters. The molecule has 3 nitrogen and oxygen atoms in total. The van der Waals surface area contributed by atoms with Gasteiger partial charge in [0.25, 0.3) is 0 Å². The van der Waals surface area contributed by atoms with Gasteiger partial charge >= 0.3 is 0 Å². The van der Waals surface area contributed by atoms with Crippen LogP contribution in [-0.2, 0) is 13.0 Å². The lowest BCUT2D eigenvalue weighted by Crippen LogP contribution is -2.36. The number of nitrogens with zero attached hydrogens (tertiary/aromatic N) is 2. The maximum absolute atomic E-state index is 3.48. The number of aryl methyl sites for hydroxylation is 1. The molecule has 1 fully saturated rings. The number of anilines is 1. The third kappa shape index (κ3) is 2.84. The molecule has 1 aromatic carbocycles. The Balaban J connectivity index is 1.73. The zero-order chi connectivity index (χ0) is 13.9. The van der Waals surface area contributed by atoms with E-state index in [1.807, 2.05) is 0 Å². The van der Waals surface area contributed by atoms with Gasteiger partial charge in [0.15, 0.2) is 0 Å². The van der Waals surface area contributed by atoms with Crippen molar-refractivity contribution in [3.05, 3.63) is 29.3 Å². The fourth-order valence-electron chi connectivity index (χ4n) is 3.62. The lowest BCUT2D eigenvalue weighted by molar-refractivity contribution is 0.210. The number of hydrogen-bond acceptors (Lipinski definition) is 3. The van der Waals surface area contributed by atoms with Crippen molar-refractivity contribution in [3.63, 3.8) is 0 Å². The number of hydrogen-bond donors (Lipinski definition) is 1. The van der Waals surface area contributed by atoms with Crippen LogP contribution in [0.15, 0.2) is 18.2 Å². The van der Waals surface area contributed by atoms with Gasteiger partial charge in [-0.2, -0.15) is 0 Å². The largest absolute Gasteiger partial charge is 0.374 e. The highest BCUT2D eigenvalue weighted by Crippen LogP contribution is 2.27. The van der Waals surface area contributed by atoms with E-state index in [4.69, 9.17) is 0 Å². The highest BCUT2D eigenvalue weighted by atomic mass is 15.2. The van der Waals surface area contributed by atoms with E-state index in [1.54, 1.807) is 0 Å². The predicted octanol–water partition coefficient (Wildman–Crippen LogP) is 2.25. The van der Waals surface area contributed by atoms with E-state index in [0.717, 1.165) is 25.7 Å². The Labute approximate surface area is 123 Å². The van der Waals surface area contributed by atoms with E-state index in [1.165, 1.54) is 49.2 Å². The zero-order valence-corrected chi connectivity index (χ0v) is 12.9. The molecular formula is C17H27N3. The smallest absolute Gasteiger partial charge is 0.0396 e. The second-order valence-electron chi connectivity index (χ2n) is 6.20. The Kier molecular flexibility index (Phi) is 4.27. The monoisotopic (exact) mass is 273 g/mol. The molecule has 1 aromatic rings. The van der Waals surface area contributed by atoms with Gasteiger partial charge in [0, 0.05) is 38.4 Å². The van der Waals surface area contributed by atoms with Crippen LogP contribution >= 0.6 is 0 Å². The average Bonchev–Trinajstić information content (AvgIpc) is 2.99. The van der Waals surface area contributed by atoms with E-state index >= 15 is 0 Å². The second-order valence-corrected chi connectivity index (χ2v) is 6.20. The van der Waals surface area contributed by atoms with Crippen LogP contribution in [-0.4, -0.2) is 44.2 Å². The highest BCUT2D eigenvalue weighted by Gasteiger charge is 2.21. The summed E-state index contributed by atoms with van der Waals surface area (Å²) in [6, 6.07) is 7.81. The highest BCUT2D eigenvalue weighted by molar-refractivity contribution is 5.56. The molecule has 3 rings (SSSR count). The SMILES string of the molecule is CCN(Cc1ccc2c(c1)CCCN2C)C1CCNC1. The number of likely N-dealkylation sites (N-methyl/N-ethyl adjacent to an activating group) is 1. The van der Waals surface area contributed by atoms with Crippen molar-refractivity contribution in [1.29, 1.82) is 0 Å². The molecule has 1 N–H and O–H groups in total. The van der Waals surface area contributed by atoms with Crippen LogP contribution in [0.5, 0.6) is 0 Å². The summed E-state index contributed by atoms with van der Waals surface area (Å²) in [6.45, 7) is 8.05. The van der Waals surface area contributed by atoms with Gasteiger partial charge in [-0.25, -0.2) is 0 Å². The summed E-state index contributed by atoms with van der Waals surface area (Å²) in [4.78, 5) is 5.01. The van der Waals surface area contributed by atoms with E-state index < -0.39 is 0 Å². The first-order valence-corrected chi connectivity index (χ1v) is 8.05. The van der Waals surface area contributed by atoms with Gasteiger partial charge in [-0.05, 0) is 49.5 Å². The Morgan fingerprint density at radius 1 is 1.40 bits per heavy atom. The Hall–Kier alpha value is -1.06. The normalized spacial score (nSPS) is 22.4. The molecule has 2 aliphatic heterocycles. The van der Waals surface area contributed by atoms with E-state index in [-0.39, 0.29) is 0 Å². The molecule has 0 aromatic heterocycles. The minimum Gasteiger partial charge on any atom is -0.374 e. The van der Waals surface area contributed by atoms with Gasteiger partial charge in [0.05, 0.1) is 0 Å². The maximum Gasteiger partial charge on any atom is 0.0396 e. The Bertz CT molecular complexity index is 452. The quantitative estimate of drug-likeness (QED) is 0.908. The molecule has 0 radical (unpaired) electrons. The molecule has 1 saturated heterocycles. The minimum absolute atomic E-state index is 0.721. The zero-order valence-electron chi connectivity index (χ0n) is 12.9. The van der Waals surface area contributed by atoms with Crippen molar-refractivity contribution in [1.82, 2.24) is 10.2 Å². The Morgan fingerprint density at radius 3 is 3.05 bits per heavy atom. The molecule has 2 heterocycles. The van der Waals surface area contributed by atoms with Crippen molar-refractivity contribution < 1.29 is 0 Å². The lowest BCUT2D eigenvalue weighted by atomic mass is 9.99. The predicted molar refractivity (Wildman–Crippen MR) is 85.4 cm³/mol. The van der Waals surface area contributed by atoms with Crippen molar-refractivity contribution >= 4 is 5.69 Å². The van der Waals surface area contributed by atoms with Crippen molar-refractivity contribution in [2.45, 2.75) is 38.8 Å². The number of rotatable bonds is 4. The third-order valence-electron chi connectivity index (χ3n) is 4.84. The molecule has 0 bridgehead atoms. The van der Waals surface area contributed by atoms with Gasteiger partial charge < -0.3 is 10.2 Å². The van der Waals surface area contributed by atoms with Crippen LogP contribution in [0.2, 0.25) is 0 Å². The van der Waals surface area contributed by atoms with Crippen LogP contribution in [0.25, 0.3) is 0 Å². The van der Waals surface area contributed by atoms with E-state index in [2.05, 4.69) is 47.3 Å². The molecule has 110 valence electrons. The Morgan fingerprint density at radius 2 is 2.30 bits per heavy atom. The summed E-state index contributed by atoms with van der Waals surface area (Å²) >= 11 is 0. The van der Waals surface area contributed by atoms with Crippen LogP contribution in [0.3, 0.4) is 0 Å². The molecule has 1 atom stereocenters. The van der Waals surface area contributed by atoms with Gasteiger partial charge in [-0.3, -0.25) is 4.90 Å². The first-order valence-electron chi connectivity index (χ1n) is 8.05. The van der Waals surface area contributed by atoms with Crippen LogP contribution in [0.4, 0.5) is 5.69 Å². The first-order chi connectivity index (χ1) is 9.78. The molecule has 0 spiro atoms. The standard InChI is InChI=1S/C17H27N3/c1-3-20(16-8-9-18-12-16)13-14-6-7-17-15(11-14)5-4-10-19(17)2/h6-7,11,16,18H,3-5,8-10,12-13H2,1-2H3. The average molecular weight is 273 g/mol. The molecule has 2 aliphatic rings. The summed E-state index contributed by atoms with van der Waals surface area (Å²) in [6.07, 6.45) is 3.82. The van der Waals surface area contributed by atoms with Crippen LogP contribution in [0, 0.1) is 0 Å². The maximum atomic E-state index is 3.48. The summed E-state index contributed by atoms with van der Waals surface area (Å²) < 4.78 is 0. The van der Waals surface area contributed by atoms with Gasteiger partial charge in [0.2, 0.25) is 0 Å². The molecule has 3 heteroatoms. The summed E-state index contributed by atoms with van der Waals surface area (Å²) in [7, 11) is 2.21. The topological polar surface area (TPSA) is 18.5 Å². The molecule has 0 aliphatic carbocycles. The lowest BCUT2D eigenvalue weighted by Gasteiger charge is -2.30. The van der Waals surface area contributed by atoms with E-state index in [0.29, 0.717) is 0 Å². The van der Waals surface area contributed by atoms with Gasteiger partial charge in [-0.1, -0.05) is 19.1 Å². The number of benzene rings is 1. The summed E-state index contributed by atoms with van der Waals surface area (Å²) in [5.74, 6) is 0. The summed E-state index contributed by atoms with van der Waals surface area (Å²) in [5.41, 5.74) is 4.45. The molecule has 0 saturated carbocycles. The van der Waals surface area contributed by atoms with Crippen molar-refractivity contribution in [2.75, 3.05) is 38.1 Å². The van der Waals surface area contributed by atoms with Crippen LogP contribution in [0.1, 0.15) is 30.9 Å². The molecular weight excluding hydrogens is 246 g/mol.